The van der Waals surface area contributed by atoms with Crippen molar-refractivity contribution >= 4 is 11.0 Å². The van der Waals surface area contributed by atoms with Crippen molar-refractivity contribution < 1.29 is 18.6 Å². The molecule has 0 aliphatic carbocycles. The molecule has 17 heavy (non-hydrogen) atoms. The second-order valence-electron chi connectivity index (χ2n) is 4.37. The van der Waals surface area contributed by atoms with Gasteiger partial charge >= 0.3 is 5.97 Å². The van der Waals surface area contributed by atoms with Crippen LogP contribution in [-0.2, 0) is 15.9 Å². The van der Waals surface area contributed by atoms with Crippen LogP contribution in [0.15, 0.2) is 28.9 Å². The van der Waals surface area contributed by atoms with E-state index >= 15 is 0 Å². The van der Waals surface area contributed by atoms with Crippen LogP contribution in [0.4, 0.5) is 0 Å². The summed E-state index contributed by atoms with van der Waals surface area (Å²) in [5.74, 6) is -0.116. The van der Waals surface area contributed by atoms with E-state index in [2.05, 4.69) is 12.1 Å². The molecule has 2 aliphatic heterocycles. The SMILES string of the molecule is c1cc2ccc3c(c2o1)OC1(CC3)OCCO1. The van der Waals surface area contributed by atoms with E-state index in [1.54, 1.807) is 6.26 Å². The minimum atomic E-state index is -0.881. The topological polar surface area (TPSA) is 40.8 Å². The molecule has 2 aliphatic rings. The van der Waals surface area contributed by atoms with E-state index in [0.29, 0.717) is 13.2 Å². The second kappa shape index (κ2) is 3.24. The first-order valence-corrected chi connectivity index (χ1v) is 5.82. The van der Waals surface area contributed by atoms with Crippen LogP contribution in [0.5, 0.6) is 5.75 Å². The van der Waals surface area contributed by atoms with Crippen molar-refractivity contribution in [1.29, 1.82) is 0 Å². The third-order valence-corrected chi connectivity index (χ3v) is 3.34. The third-order valence-electron chi connectivity index (χ3n) is 3.34. The number of benzene rings is 1. The number of rotatable bonds is 0. The molecule has 0 atom stereocenters. The maximum Gasteiger partial charge on any atom is 0.327 e. The highest BCUT2D eigenvalue weighted by atomic mass is 16.9. The van der Waals surface area contributed by atoms with Gasteiger partial charge in [0.1, 0.15) is 0 Å². The number of hydrogen-bond donors (Lipinski definition) is 0. The van der Waals surface area contributed by atoms with E-state index in [1.807, 2.05) is 6.07 Å². The predicted molar refractivity (Wildman–Crippen MR) is 59.8 cm³/mol. The Morgan fingerprint density at radius 2 is 1.94 bits per heavy atom. The molecule has 1 fully saturated rings. The van der Waals surface area contributed by atoms with Crippen LogP contribution in [0.2, 0.25) is 0 Å². The van der Waals surface area contributed by atoms with E-state index in [-0.39, 0.29) is 0 Å². The van der Waals surface area contributed by atoms with Crippen molar-refractivity contribution in [2.45, 2.75) is 18.8 Å². The van der Waals surface area contributed by atoms with Gasteiger partial charge in [-0.25, -0.2) is 0 Å². The highest BCUT2D eigenvalue weighted by Gasteiger charge is 2.43. The highest BCUT2D eigenvalue weighted by Crippen LogP contribution is 2.41. The zero-order chi connectivity index (χ0) is 11.3. The summed E-state index contributed by atoms with van der Waals surface area (Å²) in [7, 11) is 0. The number of ether oxygens (including phenoxy) is 3. The molecule has 88 valence electrons. The van der Waals surface area contributed by atoms with Gasteiger partial charge in [-0.3, -0.25) is 0 Å². The van der Waals surface area contributed by atoms with Crippen LogP contribution in [0, 0.1) is 0 Å². The summed E-state index contributed by atoms with van der Waals surface area (Å²) in [5, 5.41) is 1.04. The Hall–Kier alpha value is -1.52. The van der Waals surface area contributed by atoms with Crippen molar-refractivity contribution in [2.75, 3.05) is 13.2 Å². The van der Waals surface area contributed by atoms with Gasteiger partial charge in [-0.05, 0) is 18.1 Å². The first-order valence-electron chi connectivity index (χ1n) is 5.82. The van der Waals surface area contributed by atoms with Crippen LogP contribution >= 0.6 is 0 Å². The first kappa shape index (κ1) is 9.50. The molecule has 1 spiro atoms. The van der Waals surface area contributed by atoms with Gasteiger partial charge in [-0.1, -0.05) is 12.1 Å². The van der Waals surface area contributed by atoms with E-state index in [1.165, 1.54) is 0 Å². The predicted octanol–water partition coefficient (Wildman–Crippen LogP) is 2.46. The minimum absolute atomic E-state index is 0.587. The zero-order valence-electron chi connectivity index (χ0n) is 9.27. The minimum Gasteiger partial charge on any atom is -0.460 e. The van der Waals surface area contributed by atoms with Crippen molar-refractivity contribution in [2.24, 2.45) is 0 Å². The summed E-state index contributed by atoms with van der Waals surface area (Å²) in [4.78, 5) is 0. The van der Waals surface area contributed by atoms with E-state index < -0.39 is 5.97 Å². The van der Waals surface area contributed by atoms with Crippen molar-refractivity contribution in [3.63, 3.8) is 0 Å². The van der Waals surface area contributed by atoms with Gasteiger partial charge in [0.25, 0.3) is 0 Å². The van der Waals surface area contributed by atoms with Gasteiger partial charge in [-0.2, -0.15) is 0 Å². The molecule has 2 aromatic rings. The number of hydrogen-bond acceptors (Lipinski definition) is 4. The van der Waals surface area contributed by atoms with Gasteiger partial charge < -0.3 is 18.6 Å². The smallest absolute Gasteiger partial charge is 0.327 e. The lowest BCUT2D eigenvalue weighted by Gasteiger charge is -2.32. The lowest BCUT2D eigenvalue weighted by atomic mass is 10.0. The molecule has 1 aromatic carbocycles. The molecule has 0 N–H and O–H groups in total. The van der Waals surface area contributed by atoms with Gasteiger partial charge in [-0.15, -0.1) is 0 Å². The van der Waals surface area contributed by atoms with Crippen LogP contribution in [0.3, 0.4) is 0 Å². The molecule has 0 radical (unpaired) electrons. The Balaban J connectivity index is 1.86. The van der Waals surface area contributed by atoms with E-state index in [4.69, 9.17) is 18.6 Å². The molecule has 1 saturated heterocycles. The molecular formula is C13H12O4. The second-order valence-corrected chi connectivity index (χ2v) is 4.37. The van der Waals surface area contributed by atoms with Crippen LogP contribution in [-0.4, -0.2) is 19.2 Å². The Bertz CT molecular complexity index is 566. The van der Waals surface area contributed by atoms with Crippen molar-refractivity contribution in [3.05, 3.63) is 30.0 Å². The van der Waals surface area contributed by atoms with Gasteiger partial charge in [0.2, 0.25) is 0 Å². The van der Waals surface area contributed by atoms with Crippen LogP contribution in [0.1, 0.15) is 12.0 Å². The summed E-state index contributed by atoms with van der Waals surface area (Å²) in [6, 6.07) is 6.06. The molecule has 4 heteroatoms. The van der Waals surface area contributed by atoms with Crippen molar-refractivity contribution in [3.8, 4) is 5.75 Å². The maximum atomic E-state index is 5.91. The number of furan rings is 1. The summed E-state index contributed by atoms with van der Waals surface area (Å²) < 4.78 is 22.6. The Morgan fingerprint density at radius 3 is 2.82 bits per heavy atom. The Kier molecular flexibility index (Phi) is 1.81. The lowest BCUT2D eigenvalue weighted by molar-refractivity contribution is -0.293. The van der Waals surface area contributed by atoms with Gasteiger partial charge in [0.15, 0.2) is 11.3 Å². The normalized spacial score (nSPS) is 21.6. The zero-order valence-corrected chi connectivity index (χ0v) is 9.27. The molecule has 1 aromatic heterocycles. The molecule has 0 bridgehead atoms. The summed E-state index contributed by atoms with van der Waals surface area (Å²) in [5.41, 5.74) is 1.93. The Labute approximate surface area is 98.1 Å². The first-order chi connectivity index (χ1) is 8.36. The summed E-state index contributed by atoms with van der Waals surface area (Å²) in [6.07, 6.45) is 3.28. The third kappa shape index (κ3) is 1.31. The standard InChI is InChI=1S/C13H12O4/c1-2-10-4-6-14-11(10)12-9(1)3-5-13(17-12)15-7-8-16-13/h1-2,4,6H,3,5,7-8H2. The molecule has 0 unspecified atom stereocenters. The molecule has 4 nitrogen and oxygen atoms in total. The quantitative estimate of drug-likeness (QED) is 0.699. The van der Waals surface area contributed by atoms with E-state index in [9.17, 15) is 0 Å². The van der Waals surface area contributed by atoms with Gasteiger partial charge in [0.05, 0.1) is 19.5 Å². The Morgan fingerprint density at radius 1 is 1.06 bits per heavy atom. The highest BCUT2D eigenvalue weighted by molar-refractivity contribution is 5.84. The van der Waals surface area contributed by atoms with E-state index in [0.717, 1.165) is 35.1 Å². The fraction of sp³-hybridized carbons (Fsp3) is 0.385. The largest absolute Gasteiger partial charge is 0.460 e. The maximum absolute atomic E-state index is 5.91. The average Bonchev–Trinajstić information content (AvgIpc) is 2.98. The van der Waals surface area contributed by atoms with Gasteiger partial charge in [0, 0.05) is 11.8 Å². The van der Waals surface area contributed by atoms with Crippen LogP contribution < -0.4 is 4.74 Å². The summed E-state index contributed by atoms with van der Waals surface area (Å²) in [6.45, 7) is 1.17. The average molecular weight is 232 g/mol. The fourth-order valence-corrected chi connectivity index (χ4v) is 2.49. The fourth-order valence-electron chi connectivity index (χ4n) is 2.49. The molecule has 0 saturated carbocycles. The molecule has 4 rings (SSSR count). The monoisotopic (exact) mass is 232 g/mol. The van der Waals surface area contributed by atoms with Crippen LogP contribution in [0.25, 0.3) is 11.0 Å². The molecule has 0 amide bonds. The summed E-state index contributed by atoms with van der Waals surface area (Å²) >= 11 is 0. The van der Waals surface area contributed by atoms with Crippen molar-refractivity contribution in [1.82, 2.24) is 0 Å². The molecule has 3 heterocycles. The lowest BCUT2D eigenvalue weighted by Crippen LogP contribution is -2.40. The number of aryl methyl sites for hydroxylation is 1. The number of fused-ring (bicyclic) bond motifs is 3. The molecular weight excluding hydrogens is 220 g/mol.